The van der Waals surface area contributed by atoms with E-state index in [2.05, 4.69) is 17.1 Å². The predicted octanol–water partition coefficient (Wildman–Crippen LogP) is 3.76. The van der Waals surface area contributed by atoms with E-state index in [-0.39, 0.29) is 11.8 Å². The van der Waals surface area contributed by atoms with Crippen molar-refractivity contribution in [1.82, 2.24) is 9.80 Å². The summed E-state index contributed by atoms with van der Waals surface area (Å²) < 4.78 is 5.82. The number of hydrogen-bond acceptors (Lipinski definition) is 4. The molecule has 1 fully saturated rings. The largest absolute Gasteiger partial charge is 0.481 e. The SMILES string of the molecule is CCc1ccccc1NC(=O)CN1CCN(C(=O)C(C)Oc2ccc(Cl)c(C)c2)CC1. The summed E-state index contributed by atoms with van der Waals surface area (Å²) in [5.74, 6) is 0.550. The second-order valence-corrected chi connectivity index (χ2v) is 8.24. The van der Waals surface area contributed by atoms with Gasteiger partial charge in [-0.05, 0) is 55.7 Å². The molecule has 2 aromatic rings. The third-order valence-electron chi connectivity index (χ3n) is 5.51. The van der Waals surface area contributed by atoms with E-state index >= 15 is 0 Å². The van der Waals surface area contributed by atoms with Gasteiger partial charge in [-0.2, -0.15) is 0 Å². The van der Waals surface area contributed by atoms with Gasteiger partial charge in [0, 0.05) is 36.9 Å². The quantitative estimate of drug-likeness (QED) is 0.707. The zero-order valence-electron chi connectivity index (χ0n) is 18.4. The molecule has 0 spiro atoms. The topological polar surface area (TPSA) is 61.9 Å². The molecule has 2 aromatic carbocycles. The second kappa shape index (κ2) is 10.6. The number of para-hydroxylation sites is 1. The number of anilines is 1. The molecule has 7 heteroatoms. The van der Waals surface area contributed by atoms with Crippen molar-refractivity contribution in [2.45, 2.75) is 33.3 Å². The fraction of sp³-hybridized carbons (Fsp3) is 0.417. The third-order valence-corrected chi connectivity index (χ3v) is 5.94. The molecular weight excluding hydrogens is 414 g/mol. The molecule has 0 radical (unpaired) electrons. The maximum absolute atomic E-state index is 12.8. The number of benzene rings is 2. The molecule has 3 rings (SSSR count). The number of aryl methyl sites for hydroxylation is 2. The summed E-state index contributed by atoms with van der Waals surface area (Å²) in [6.07, 6.45) is 0.286. The molecule has 1 atom stereocenters. The van der Waals surface area contributed by atoms with Gasteiger partial charge in [-0.3, -0.25) is 14.5 Å². The van der Waals surface area contributed by atoms with Crippen LogP contribution >= 0.6 is 11.6 Å². The molecule has 1 heterocycles. The highest BCUT2D eigenvalue weighted by atomic mass is 35.5. The number of halogens is 1. The van der Waals surface area contributed by atoms with Crippen molar-refractivity contribution >= 4 is 29.1 Å². The van der Waals surface area contributed by atoms with Gasteiger partial charge in [-0.25, -0.2) is 0 Å². The van der Waals surface area contributed by atoms with E-state index in [0.717, 1.165) is 23.2 Å². The minimum Gasteiger partial charge on any atom is -0.481 e. The monoisotopic (exact) mass is 443 g/mol. The lowest BCUT2D eigenvalue weighted by molar-refractivity contribution is -0.139. The number of carbonyl (C=O) groups is 2. The number of nitrogens with zero attached hydrogens (tertiary/aromatic N) is 2. The number of amides is 2. The van der Waals surface area contributed by atoms with Crippen LogP contribution in [0.2, 0.25) is 5.02 Å². The van der Waals surface area contributed by atoms with E-state index in [1.165, 1.54) is 0 Å². The summed E-state index contributed by atoms with van der Waals surface area (Å²) in [4.78, 5) is 29.1. The van der Waals surface area contributed by atoms with E-state index in [0.29, 0.717) is 43.5 Å². The molecule has 31 heavy (non-hydrogen) atoms. The van der Waals surface area contributed by atoms with Crippen molar-refractivity contribution in [1.29, 1.82) is 0 Å². The van der Waals surface area contributed by atoms with E-state index in [4.69, 9.17) is 16.3 Å². The maximum Gasteiger partial charge on any atom is 0.263 e. The average molecular weight is 444 g/mol. The van der Waals surface area contributed by atoms with Gasteiger partial charge in [0.05, 0.1) is 6.54 Å². The zero-order chi connectivity index (χ0) is 22.4. The summed E-state index contributed by atoms with van der Waals surface area (Å²) in [6, 6.07) is 13.2. The molecule has 0 aromatic heterocycles. The Morgan fingerprint density at radius 1 is 1.13 bits per heavy atom. The standard InChI is InChI=1S/C24H30ClN3O3/c1-4-19-7-5-6-8-22(19)26-23(29)16-27-11-13-28(14-12-27)24(30)18(3)31-20-9-10-21(25)17(2)15-20/h5-10,15,18H,4,11-14,16H2,1-3H3,(H,26,29). The van der Waals surface area contributed by atoms with Gasteiger partial charge < -0.3 is 15.0 Å². The minimum absolute atomic E-state index is 0.0320. The Balaban J connectivity index is 1.46. The van der Waals surface area contributed by atoms with Crippen molar-refractivity contribution in [2.24, 2.45) is 0 Å². The number of nitrogens with one attached hydrogen (secondary N) is 1. The lowest BCUT2D eigenvalue weighted by Gasteiger charge is -2.35. The normalized spacial score (nSPS) is 15.4. The van der Waals surface area contributed by atoms with Gasteiger partial charge in [-0.1, -0.05) is 36.7 Å². The fourth-order valence-electron chi connectivity index (χ4n) is 3.67. The summed E-state index contributed by atoms with van der Waals surface area (Å²) in [6.45, 7) is 8.50. The molecule has 0 saturated carbocycles. The maximum atomic E-state index is 12.8. The average Bonchev–Trinajstić information content (AvgIpc) is 2.76. The molecule has 166 valence electrons. The Kier molecular flexibility index (Phi) is 7.93. The summed E-state index contributed by atoms with van der Waals surface area (Å²) >= 11 is 6.05. The Labute approximate surface area is 189 Å². The molecule has 1 saturated heterocycles. The van der Waals surface area contributed by atoms with Crippen LogP contribution in [-0.2, 0) is 16.0 Å². The van der Waals surface area contributed by atoms with Crippen LogP contribution in [0.15, 0.2) is 42.5 Å². The van der Waals surface area contributed by atoms with Crippen LogP contribution in [-0.4, -0.2) is 60.4 Å². The highest BCUT2D eigenvalue weighted by Crippen LogP contribution is 2.22. The van der Waals surface area contributed by atoms with Crippen molar-refractivity contribution in [3.8, 4) is 5.75 Å². The van der Waals surface area contributed by atoms with E-state index in [9.17, 15) is 9.59 Å². The number of rotatable bonds is 7. The van der Waals surface area contributed by atoms with Crippen LogP contribution in [0, 0.1) is 6.92 Å². The van der Waals surface area contributed by atoms with Crippen molar-refractivity contribution in [3.05, 3.63) is 58.6 Å². The van der Waals surface area contributed by atoms with Gasteiger partial charge in [0.2, 0.25) is 5.91 Å². The zero-order valence-corrected chi connectivity index (χ0v) is 19.1. The van der Waals surface area contributed by atoms with Crippen LogP contribution in [0.4, 0.5) is 5.69 Å². The van der Waals surface area contributed by atoms with Gasteiger partial charge in [0.1, 0.15) is 5.75 Å². The summed E-state index contributed by atoms with van der Waals surface area (Å²) in [7, 11) is 0. The molecule has 0 aliphatic carbocycles. The minimum atomic E-state index is -0.582. The number of piperazine rings is 1. The van der Waals surface area contributed by atoms with Gasteiger partial charge in [-0.15, -0.1) is 0 Å². The van der Waals surface area contributed by atoms with Crippen LogP contribution in [0.5, 0.6) is 5.75 Å². The Morgan fingerprint density at radius 2 is 1.84 bits per heavy atom. The smallest absolute Gasteiger partial charge is 0.263 e. The molecule has 1 aliphatic heterocycles. The van der Waals surface area contributed by atoms with Crippen LogP contribution < -0.4 is 10.1 Å². The molecule has 1 N–H and O–H groups in total. The van der Waals surface area contributed by atoms with E-state index in [1.807, 2.05) is 37.3 Å². The Hall–Kier alpha value is -2.57. The van der Waals surface area contributed by atoms with Crippen LogP contribution in [0.1, 0.15) is 25.0 Å². The molecular formula is C24H30ClN3O3. The predicted molar refractivity (Wildman–Crippen MR) is 124 cm³/mol. The summed E-state index contributed by atoms with van der Waals surface area (Å²) in [5.41, 5.74) is 2.90. The van der Waals surface area contributed by atoms with E-state index < -0.39 is 6.10 Å². The first-order valence-electron chi connectivity index (χ1n) is 10.7. The summed E-state index contributed by atoms with van der Waals surface area (Å²) in [5, 5.41) is 3.68. The third kappa shape index (κ3) is 6.21. The van der Waals surface area contributed by atoms with Crippen molar-refractivity contribution < 1.29 is 14.3 Å². The number of ether oxygens (including phenoxy) is 1. The highest BCUT2D eigenvalue weighted by molar-refractivity contribution is 6.31. The van der Waals surface area contributed by atoms with Crippen LogP contribution in [0.25, 0.3) is 0 Å². The lowest BCUT2D eigenvalue weighted by Crippen LogP contribution is -2.53. The first kappa shape index (κ1) is 23.1. The van der Waals surface area contributed by atoms with Gasteiger partial charge in [0.25, 0.3) is 5.91 Å². The van der Waals surface area contributed by atoms with Crippen molar-refractivity contribution in [3.63, 3.8) is 0 Å². The molecule has 6 nitrogen and oxygen atoms in total. The molecule has 2 amide bonds. The Morgan fingerprint density at radius 3 is 2.52 bits per heavy atom. The highest BCUT2D eigenvalue weighted by Gasteiger charge is 2.27. The number of carbonyl (C=O) groups excluding carboxylic acids is 2. The second-order valence-electron chi connectivity index (χ2n) is 7.83. The van der Waals surface area contributed by atoms with Gasteiger partial charge in [0.15, 0.2) is 6.10 Å². The lowest BCUT2D eigenvalue weighted by atomic mass is 10.1. The van der Waals surface area contributed by atoms with E-state index in [1.54, 1.807) is 24.0 Å². The molecule has 1 unspecified atom stereocenters. The number of hydrogen-bond donors (Lipinski definition) is 1. The first-order chi connectivity index (χ1) is 14.9. The van der Waals surface area contributed by atoms with Gasteiger partial charge >= 0.3 is 0 Å². The molecule has 0 bridgehead atoms. The first-order valence-corrected chi connectivity index (χ1v) is 11.1. The van der Waals surface area contributed by atoms with Crippen molar-refractivity contribution in [2.75, 3.05) is 38.0 Å². The molecule has 1 aliphatic rings. The fourth-order valence-corrected chi connectivity index (χ4v) is 3.79. The van der Waals surface area contributed by atoms with Crippen LogP contribution in [0.3, 0.4) is 0 Å². The Bertz CT molecular complexity index is 926.